The average molecular weight is 1120 g/mol. The zero-order valence-corrected chi connectivity index (χ0v) is 49.9. The number of aliphatic hydroxyl groups excluding tert-OH is 8. The molecule has 2 heterocycles. The van der Waals surface area contributed by atoms with E-state index >= 15 is 0 Å². The summed E-state index contributed by atoms with van der Waals surface area (Å²) in [5, 5.41) is 87.2. The molecule has 0 aliphatic carbocycles. The number of hydrogen-bond donors (Lipinski definition) is 9. The molecule has 2 rings (SSSR count). The summed E-state index contributed by atoms with van der Waals surface area (Å²) in [5.74, 6) is -0.205. The minimum absolute atomic E-state index is 0.205. The number of hydrogen-bond acceptors (Lipinski definition) is 13. The Labute approximate surface area is 480 Å². The van der Waals surface area contributed by atoms with Gasteiger partial charge in [0.1, 0.15) is 48.8 Å². The number of unbranched alkanes of at least 4 members (excludes halogenated alkanes) is 31. The summed E-state index contributed by atoms with van der Waals surface area (Å²) in [7, 11) is 0. The van der Waals surface area contributed by atoms with Crippen LogP contribution in [0.25, 0.3) is 0 Å². The molecule has 0 aromatic rings. The molecule has 2 saturated heterocycles. The molecule has 2 aliphatic heterocycles. The van der Waals surface area contributed by atoms with E-state index in [0.29, 0.717) is 12.8 Å². The van der Waals surface area contributed by atoms with Crippen LogP contribution in [-0.2, 0) is 23.7 Å². The van der Waals surface area contributed by atoms with Crippen molar-refractivity contribution in [1.82, 2.24) is 5.32 Å². The van der Waals surface area contributed by atoms with Gasteiger partial charge >= 0.3 is 0 Å². The van der Waals surface area contributed by atoms with Crippen LogP contribution in [0.5, 0.6) is 0 Å². The molecule has 462 valence electrons. The quantitative estimate of drug-likeness (QED) is 0.0204. The zero-order valence-electron chi connectivity index (χ0n) is 49.9. The largest absolute Gasteiger partial charge is 0.394 e. The van der Waals surface area contributed by atoms with Gasteiger partial charge in [-0.1, -0.05) is 255 Å². The Kier molecular flexibility index (Phi) is 46.7. The zero-order chi connectivity index (χ0) is 57.4. The highest BCUT2D eigenvalue weighted by Crippen LogP contribution is 2.30. The van der Waals surface area contributed by atoms with Crippen molar-refractivity contribution in [1.29, 1.82) is 0 Å². The molecular weight excluding hydrogens is 1000 g/mol. The minimum Gasteiger partial charge on any atom is -0.394 e. The van der Waals surface area contributed by atoms with Crippen molar-refractivity contribution < 1.29 is 64.6 Å². The average Bonchev–Trinajstić information content (AvgIpc) is 3.49. The highest BCUT2D eigenvalue weighted by atomic mass is 16.7. The molecule has 2 aliphatic rings. The number of nitrogens with one attached hydrogen (secondary N) is 1. The summed E-state index contributed by atoms with van der Waals surface area (Å²) >= 11 is 0. The number of carbonyl (C=O) groups excluding carboxylic acids is 1. The van der Waals surface area contributed by atoms with Gasteiger partial charge in [-0.2, -0.15) is 0 Å². The van der Waals surface area contributed by atoms with Gasteiger partial charge in [-0.05, 0) is 51.4 Å². The van der Waals surface area contributed by atoms with Crippen molar-refractivity contribution in [2.45, 2.75) is 338 Å². The molecule has 12 atom stereocenters. The Hall–Kier alpha value is -2.05. The Morgan fingerprint density at radius 1 is 0.468 bits per heavy atom. The third-order valence-corrected chi connectivity index (χ3v) is 15.8. The fourth-order valence-electron chi connectivity index (χ4n) is 10.6. The SMILES string of the molecule is CC/C=C\C/C=C\C/C=C\C/C=C\CCCCCCCCCCCCCCCCCCCCCCC(=O)NC(COC1OC(CO)C(OC2OC(CO)C(O)C(O)C2O)C(O)C1O)C(O)CCCCCCCCCCCCCC. The highest BCUT2D eigenvalue weighted by molar-refractivity contribution is 5.76. The lowest BCUT2D eigenvalue weighted by Gasteiger charge is -2.46. The summed E-state index contributed by atoms with van der Waals surface area (Å²) in [4.78, 5) is 13.3. The molecule has 79 heavy (non-hydrogen) atoms. The van der Waals surface area contributed by atoms with Crippen LogP contribution >= 0.6 is 0 Å². The van der Waals surface area contributed by atoms with E-state index < -0.39 is 86.8 Å². The van der Waals surface area contributed by atoms with E-state index in [1.807, 2.05) is 0 Å². The first-order chi connectivity index (χ1) is 38.6. The number of rotatable bonds is 52. The second-order valence-corrected chi connectivity index (χ2v) is 22.9. The molecule has 2 fully saturated rings. The van der Waals surface area contributed by atoms with Crippen LogP contribution < -0.4 is 5.32 Å². The number of aliphatic hydroxyl groups is 8. The second kappa shape index (κ2) is 50.5. The Bertz CT molecular complexity index is 1510. The van der Waals surface area contributed by atoms with Crippen LogP contribution in [0.4, 0.5) is 0 Å². The van der Waals surface area contributed by atoms with E-state index in [1.54, 1.807) is 0 Å². The summed E-state index contributed by atoms with van der Waals surface area (Å²) in [5.41, 5.74) is 0. The Morgan fingerprint density at radius 3 is 1.34 bits per heavy atom. The van der Waals surface area contributed by atoms with E-state index in [0.717, 1.165) is 77.0 Å². The summed E-state index contributed by atoms with van der Waals surface area (Å²) in [6, 6.07) is -0.827. The summed E-state index contributed by atoms with van der Waals surface area (Å²) in [6.45, 7) is 2.75. The first kappa shape index (κ1) is 73.1. The normalized spacial score (nSPS) is 24.7. The van der Waals surface area contributed by atoms with Gasteiger partial charge in [-0.25, -0.2) is 0 Å². The molecule has 14 nitrogen and oxygen atoms in total. The monoisotopic (exact) mass is 1120 g/mol. The predicted octanol–water partition coefficient (Wildman–Crippen LogP) is 12.0. The number of carbonyl (C=O) groups is 1. The van der Waals surface area contributed by atoms with E-state index in [9.17, 15) is 45.6 Å². The molecule has 12 unspecified atom stereocenters. The van der Waals surface area contributed by atoms with Gasteiger partial charge in [-0.3, -0.25) is 4.79 Å². The molecular formula is C65H119NO13. The lowest BCUT2D eigenvalue weighted by Crippen LogP contribution is -2.65. The molecule has 14 heteroatoms. The molecule has 0 aromatic heterocycles. The topological polar surface area (TPSA) is 228 Å². The standard InChI is InChI=1S/C65H119NO13/c1-3-5-7-9-11-13-15-17-18-19-20-21-22-23-24-25-26-27-28-29-30-31-32-33-34-35-36-37-39-41-43-45-47-49-57(70)66-53(54(69)48-46-44-42-40-38-16-14-12-10-8-6-4-2)52-76-64-62(75)60(73)63(56(51-68)78-64)79-65-61(74)59(72)58(71)55(50-67)77-65/h5,7,11,13,17-18,20-21,53-56,58-65,67-69,71-75H,3-4,6,8-10,12,14-16,19,22-52H2,1-2H3,(H,66,70)/b7-5-,13-11-,18-17-,21-20-. The van der Waals surface area contributed by atoms with Crippen molar-refractivity contribution >= 4 is 5.91 Å². The third kappa shape index (κ3) is 35.6. The summed E-state index contributed by atoms with van der Waals surface area (Å²) < 4.78 is 22.8. The first-order valence-electron chi connectivity index (χ1n) is 32.4. The van der Waals surface area contributed by atoms with Gasteiger partial charge in [0.15, 0.2) is 12.6 Å². The van der Waals surface area contributed by atoms with E-state index in [4.69, 9.17) is 18.9 Å². The predicted molar refractivity (Wildman–Crippen MR) is 318 cm³/mol. The maximum atomic E-state index is 13.3. The number of allylic oxidation sites excluding steroid dienone is 8. The van der Waals surface area contributed by atoms with E-state index in [-0.39, 0.29) is 12.5 Å². The van der Waals surface area contributed by atoms with Crippen molar-refractivity contribution in [2.24, 2.45) is 0 Å². The van der Waals surface area contributed by atoms with Gasteiger partial charge in [0.25, 0.3) is 0 Å². The molecule has 0 spiro atoms. The molecule has 0 aromatic carbocycles. The van der Waals surface area contributed by atoms with Gasteiger partial charge in [0.2, 0.25) is 5.91 Å². The fourth-order valence-corrected chi connectivity index (χ4v) is 10.6. The van der Waals surface area contributed by atoms with Gasteiger partial charge in [0, 0.05) is 6.42 Å². The van der Waals surface area contributed by atoms with E-state index in [1.165, 1.54) is 161 Å². The lowest BCUT2D eigenvalue weighted by molar-refractivity contribution is -0.359. The van der Waals surface area contributed by atoms with Crippen LogP contribution in [0, 0.1) is 0 Å². The minimum atomic E-state index is -1.78. The summed E-state index contributed by atoms with van der Waals surface area (Å²) in [6.07, 6.45) is 47.1. The smallest absolute Gasteiger partial charge is 0.220 e. The maximum Gasteiger partial charge on any atom is 0.220 e. The van der Waals surface area contributed by atoms with Crippen molar-refractivity contribution in [3.8, 4) is 0 Å². The van der Waals surface area contributed by atoms with Gasteiger partial charge in [0.05, 0.1) is 32.0 Å². The van der Waals surface area contributed by atoms with Crippen LogP contribution in [-0.4, -0.2) is 140 Å². The van der Waals surface area contributed by atoms with Crippen molar-refractivity contribution in [2.75, 3.05) is 19.8 Å². The second-order valence-electron chi connectivity index (χ2n) is 22.9. The fraction of sp³-hybridized carbons (Fsp3) is 0.862. The maximum absolute atomic E-state index is 13.3. The van der Waals surface area contributed by atoms with Crippen molar-refractivity contribution in [3.05, 3.63) is 48.6 Å². The third-order valence-electron chi connectivity index (χ3n) is 15.8. The van der Waals surface area contributed by atoms with Gasteiger partial charge in [-0.15, -0.1) is 0 Å². The molecule has 0 bridgehead atoms. The van der Waals surface area contributed by atoms with Crippen LogP contribution in [0.3, 0.4) is 0 Å². The first-order valence-corrected chi connectivity index (χ1v) is 32.4. The van der Waals surface area contributed by atoms with Crippen LogP contribution in [0.1, 0.15) is 264 Å². The number of ether oxygens (including phenoxy) is 4. The Balaban J connectivity index is 1.60. The van der Waals surface area contributed by atoms with Gasteiger partial charge < -0.3 is 65.1 Å². The molecule has 0 radical (unpaired) electrons. The molecule has 1 amide bonds. The number of amides is 1. The van der Waals surface area contributed by atoms with Crippen LogP contribution in [0.15, 0.2) is 48.6 Å². The molecule has 9 N–H and O–H groups in total. The molecule has 0 saturated carbocycles. The lowest BCUT2D eigenvalue weighted by atomic mass is 9.97. The van der Waals surface area contributed by atoms with Crippen molar-refractivity contribution in [3.63, 3.8) is 0 Å². The Morgan fingerprint density at radius 2 is 0.873 bits per heavy atom. The van der Waals surface area contributed by atoms with Crippen LogP contribution in [0.2, 0.25) is 0 Å². The van der Waals surface area contributed by atoms with E-state index in [2.05, 4.69) is 67.8 Å². The highest BCUT2D eigenvalue weighted by Gasteiger charge is 2.51.